The maximum Gasteiger partial charge on any atom is 0.221 e. The van der Waals surface area contributed by atoms with Gasteiger partial charge in [0.25, 0.3) is 0 Å². The Morgan fingerprint density at radius 2 is 2.19 bits per heavy atom. The van der Waals surface area contributed by atoms with Crippen LogP contribution in [0.25, 0.3) is 0 Å². The zero-order chi connectivity index (χ0) is 12.2. The lowest BCUT2D eigenvalue weighted by molar-refractivity contribution is -0.121. The van der Waals surface area contributed by atoms with E-state index in [4.69, 9.17) is 0 Å². The molecule has 0 spiro atoms. The molecule has 1 unspecified atom stereocenters. The SMILES string of the molecule is CC(C)NCCC(=O)NC1C=CS(=O)(=O)C1. The van der Waals surface area contributed by atoms with E-state index in [1.54, 1.807) is 0 Å². The van der Waals surface area contributed by atoms with Crippen molar-refractivity contribution in [3.8, 4) is 0 Å². The third-order valence-corrected chi connectivity index (χ3v) is 3.58. The number of hydrogen-bond donors (Lipinski definition) is 2. The summed E-state index contributed by atoms with van der Waals surface area (Å²) < 4.78 is 22.2. The highest BCUT2D eigenvalue weighted by molar-refractivity contribution is 7.94. The lowest BCUT2D eigenvalue weighted by Crippen LogP contribution is -2.37. The Balaban J connectivity index is 2.24. The summed E-state index contributed by atoms with van der Waals surface area (Å²) in [6.07, 6.45) is 1.88. The smallest absolute Gasteiger partial charge is 0.221 e. The van der Waals surface area contributed by atoms with Crippen molar-refractivity contribution in [2.75, 3.05) is 12.3 Å². The quantitative estimate of drug-likeness (QED) is 0.704. The Hall–Kier alpha value is -0.880. The molecule has 2 N–H and O–H groups in total. The molecule has 0 saturated carbocycles. The number of carbonyl (C=O) groups excluding carboxylic acids is 1. The van der Waals surface area contributed by atoms with Gasteiger partial charge < -0.3 is 10.6 Å². The molecule has 0 aromatic carbocycles. The van der Waals surface area contributed by atoms with Crippen molar-refractivity contribution < 1.29 is 13.2 Å². The second-order valence-corrected chi connectivity index (χ2v) is 6.12. The molecule has 1 aliphatic heterocycles. The van der Waals surface area contributed by atoms with Crippen LogP contribution < -0.4 is 10.6 Å². The van der Waals surface area contributed by atoms with E-state index < -0.39 is 9.84 Å². The lowest BCUT2D eigenvalue weighted by atomic mass is 10.3. The van der Waals surface area contributed by atoms with E-state index in [1.165, 1.54) is 6.08 Å². The highest BCUT2D eigenvalue weighted by Gasteiger charge is 2.22. The molecule has 0 aliphatic carbocycles. The largest absolute Gasteiger partial charge is 0.349 e. The van der Waals surface area contributed by atoms with Crippen LogP contribution in [0.2, 0.25) is 0 Å². The maximum absolute atomic E-state index is 11.4. The van der Waals surface area contributed by atoms with Crippen LogP contribution in [-0.2, 0) is 14.6 Å². The fourth-order valence-electron chi connectivity index (χ4n) is 1.42. The third kappa shape index (κ3) is 4.76. The zero-order valence-electron chi connectivity index (χ0n) is 9.56. The van der Waals surface area contributed by atoms with Crippen LogP contribution in [-0.4, -0.2) is 38.7 Å². The minimum absolute atomic E-state index is 0.0175. The third-order valence-electron chi connectivity index (χ3n) is 2.18. The molecule has 0 aromatic rings. The van der Waals surface area contributed by atoms with Crippen molar-refractivity contribution in [1.82, 2.24) is 10.6 Å². The summed E-state index contributed by atoms with van der Waals surface area (Å²) in [7, 11) is -3.09. The lowest BCUT2D eigenvalue weighted by Gasteiger charge is -2.11. The molecular weight excluding hydrogens is 228 g/mol. The summed E-state index contributed by atoms with van der Waals surface area (Å²) in [5, 5.41) is 6.94. The van der Waals surface area contributed by atoms with Gasteiger partial charge in [-0.3, -0.25) is 4.79 Å². The van der Waals surface area contributed by atoms with Gasteiger partial charge in [-0.1, -0.05) is 13.8 Å². The van der Waals surface area contributed by atoms with Crippen molar-refractivity contribution in [2.45, 2.75) is 32.4 Å². The van der Waals surface area contributed by atoms with Crippen LogP contribution in [0.1, 0.15) is 20.3 Å². The van der Waals surface area contributed by atoms with E-state index in [0.29, 0.717) is 19.0 Å². The Labute approximate surface area is 96.2 Å². The Bertz CT molecular complexity index is 374. The van der Waals surface area contributed by atoms with E-state index in [-0.39, 0.29) is 17.7 Å². The van der Waals surface area contributed by atoms with Crippen molar-refractivity contribution in [1.29, 1.82) is 0 Å². The topological polar surface area (TPSA) is 75.3 Å². The Kier molecular flexibility index (Phi) is 4.49. The van der Waals surface area contributed by atoms with Crippen molar-refractivity contribution in [3.05, 3.63) is 11.5 Å². The van der Waals surface area contributed by atoms with Crippen LogP contribution in [0.15, 0.2) is 11.5 Å². The van der Waals surface area contributed by atoms with E-state index in [9.17, 15) is 13.2 Å². The molecule has 0 saturated heterocycles. The molecule has 0 radical (unpaired) electrons. The van der Waals surface area contributed by atoms with E-state index in [1.807, 2.05) is 13.8 Å². The molecule has 1 heterocycles. The summed E-state index contributed by atoms with van der Waals surface area (Å²) in [6.45, 7) is 4.61. The Morgan fingerprint density at radius 1 is 1.50 bits per heavy atom. The van der Waals surface area contributed by atoms with Gasteiger partial charge in [-0.25, -0.2) is 8.42 Å². The fourth-order valence-corrected chi connectivity index (χ4v) is 2.65. The van der Waals surface area contributed by atoms with Crippen LogP contribution in [0.5, 0.6) is 0 Å². The van der Waals surface area contributed by atoms with Crippen LogP contribution in [0.3, 0.4) is 0 Å². The molecule has 1 rings (SSSR count). The van der Waals surface area contributed by atoms with Gasteiger partial charge in [0.2, 0.25) is 5.91 Å². The standard InChI is InChI=1S/C10H18N2O3S/c1-8(2)11-5-3-10(13)12-9-4-6-16(14,15)7-9/h4,6,8-9,11H,3,5,7H2,1-2H3,(H,12,13). The molecule has 1 aliphatic rings. The average Bonchev–Trinajstić information content (AvgIpc) is 2.44. The van der Waals surface area contributed by atoms with Gasteiger partial charge in [-0.05, 0) is 6.08 Å². The van der Waals surface area contributed by atoms with Gasteiger partial charge in [0.1, 0.15) is 0 Å². The number of amides is 1. The molecule has 92 valence electrons. The molecule has 0 bridgehead atoms. The summed E-state index contributed by atoms with van der Waals surface area (Å²) in [5.74, 6) is -0.143. The number of hydrogen-bond acceptors (Lipinski definition) is 4. The van der Waals surface area contributed by atoms with E-state index in [0.717, 1.165) is 5.41 Å². The van der Waals surface area contributed by atoms with Gasteiger partial charge in [-0.15, -0.1) is 0 Å². The Morgan fingerprint density at radius 3 is 2.69 bits per heavy atom. The van der Waals surface area contributed by atoms with Crippen molar-refractivity contribution in [3.63, 3.8) is 0 Å². The number of rotatable bonds is 5. The van der Waals surface area contributed by atoms with Crippen molar-refractivity contribution >= 4 is 15.7 Å². The predicted octanol–water partition coefficient (Wildman–Crippen LogP) is -0.199. The van der Waals surface area contributed by atoms with E-state index in [2.05, 4.69) is 10.6 Å². The first kappa shape index (κ1) is 13.2. The highest BCUT2D eigenvalue weighted by Crippen LogP contribution is 2.07. The van der Waals surface area contributed by atoms with Gasteiger partial charge in [0, 0.05) is 24.4 Å². The van der Waals surface area contributed by atoms with Crippen LogP contribution in [0, 0.1) is 0 Å². The number of sulfone groups is 1. The average molecular weight is 246 g/mol. The first-order valence-electron chi connectivity index (χ1n) is 5.33. The summed E-state index contributed by atoms with van der Waals surface area (Å²) in [6, 6.07) is -0.0175. The number of carbonyl (C=O) groups is 1. The summed E-state index contributed by atoms with van der Waals surface area (Å²) >= 11 is 0. The molecule has 6 heteroatoms. The van der Waals surface area contributed by atoms with Gasteiger partial charge in [0.15, 0.2) is 9.84 Å². The fraction of sp³-hybridized carbons (Fsp3) is 0.700. The molecular formula is C10H18N2O3S. The van der Waals surface area contributed by atoms with Gasteiger partial charge in [0.05, 0.1) is 11.8 Å². The second kappa shape index (κ2) is 5.45. The summed E-state index contributed by atoms with van der Waals surface area (Å²) in [4.78, 5) is 11.4. The normalized spacial score (nSPS) is 22.6. The van der Waals surface area contributed by atoms with Crippen LogP contribution >= 0.6 is 0 Å². The zero-order valence-corrected chi connectivity index (χ0v) is 10.4. The van der Waals surface area contributed by atoms with Crippen molar-refractivity contribution in [2.24, 2.45) is 0 Å². The molecule has 0 aromatic heterocycles. The maximum atomic E-state index is 11.4. The molecule has 16 heavy (non-hydrogen) atoms. The monoisotopic (exact) mass is 246 g/mol. The first-order chi connectivity index (χ1) is 7.39. The molecule has 0 fully saturated rings. The van der Waals surface area contributed by atoms with Crippen LogP contribution in [0.4, 0.5) is 0 Å². The summed E-state index contributed by atoms with van der Waals surface area (Å²) in [5.41, 5.74) is 0. The number of nitrogens with one attached hydrogen (secondary N) is 2. The molecule has 1 amide bonds. The van der Waals surface area contributed by atoms with Gasteiger partial charge >= 0.3 is 0 Å². The second-order valence-electron chi connectivity index (χ2n) is 4.19. The molecule has 1 atom stereocenters. The van der Waals surface area contributed by atoms with E-state index >= 15 is 0 Å². The first-order valence-corrected chi connectivity index (χ1v) is 7.04. The minimum Gasteiger partial charge on any atom is -0.349 e. The minimum atomic E-state index is -3.09. The molecule has 5 nitrogen and oxygen atoms in total. The highest BCUT2D eigenvalue weighted by atomic mass is 32.2. The van der Waals surface area contributed by atoms with Gasteiger partial charge in [-0.2, -0.15) is 0 Å². The predicted molar refractivity (Wildman–Crippen MR) is 62.6 cm³/mol.